The van der Waals surface area contributed by atoms with Crippen molar-refractivity contribution in [3.8, 4) is 5.75 Å². The van der Waals surface area contributed by atoms with E-state index in [1.165, 1.54) is 35.2 Å². The van der Waals surface area contributed by atoms with Gasteiger partial charge in [0.15, 0.2) is 0 Å². The summed E-state index contributed by atoms with van der Waals surface area (Å²) >= 11 is 0. The molecule has 1 aromatic heterocycles. The molecule has 0 unspecified atom stereocenters. The summed E-state index contributed by atoms with van der Waals surface area (Å²) in [6.45, 7) is 2.18. The summed E-state index contributed by atoms with van der Waals surface area (Å²) in [5.74, 6) is -1.04. The van der Waals surface area contributed by atoms with Crippen molar-refractivity contribution >= 4 is 11.6 Å². The van der Waals surface area contributed by atoms with E-state index in [9.17, 15) is 14.3 Å². The first kappa shape index (κ1) is 13.0. The number of hydrogen-bond acceptors (Lipinski definition) is 3. The van der Waals surface area contributed by atoms with Crippen molar-refractivity contribution < 1.29 is 14.3 Å². The van der Waals surface area contributed by atoms with Crippen LogP contribution in [0.15, 0.2) is 42.5 Å². The van der Waals surface area contributed by atoms with E-state index in [2.05, 4.69) is 4.98 Å². The lowest BCUT2D eigenvalue weighted by Gasteiger charge is -2.20. The zero-order chi connectivity index (χ0) is 13.8. The Kier molecular flexibility index (Phi) is 3.75. The second-order valence-electron chi connectivity index (χ2n) is 3.91. The lowest BCUT2D eigenvalue weighted by Crippen LogP contribution is -2.31. The molecule has 1 heterocycles. The van der Waals surface area contributed by atoms with Crippen molar-refractivity contribution in [3.05, 3.63) is 54.1 Å². The minimum Gasteiger partial charge on any atom is -0.508 e. The van der Waals surface area contributed by atoms with E-state index in [1.54, 1.807) is 19.1 Å². The second-order valence-corrected chi connectivity index (χ2v) is 3.91. The van der Waals surface area contributed by atoms with Crippen molar-refractivity contribution in [1.82, 2.24) is 4.98 Å². The Labute approximate surface area is 110 Å². The number of amides is 1. The fourth-order valence-corrected chi connectivity index (χ4v) is 1.77. The first-order valence-corrected chi connectivity index (χ1v) is 5.85. The van der Waals surface area contributed by atoms with Gasteiger partial charge in [-0.2, -0.15) is 4.39 Å². The van der Waals surface area contributed by atoms with Crippen LogP contribution >= 0.6 is 0 Å². The molecule has 1 aromatic carbocycles. The topological polar surface area (TPSA) is 53.4 Å². The van der Waals surface area contributed by atoms with E-state index in [-0.39, 0.29) is 11.4 Å². The summed E-state index contributed by atoms with van der Waals surface area (Å²) in [7, 11) is 0. The number of halogens is 1. The molecular formula is C14H13FN2O2. The fourth-order valence-electron chi connectivity index (χ4n) is 1.77. The number of aromatic nitrogens is 1. The monoisotopic (exact) mass is 260 g/mol. The Bertz CT molecular complexity index is 602. The van der Waals surface area contributed by atoms with E-state index in [0.717, 1.165) is 0 Å². The average Bonchev–Trinajstić information content (AvgIpc) is 2.39. The van der Waals surface area contributed by atoms with Gasteiger partial charge >= 0.3 is 0 Å². The highest BCUT2D eigenvalue weighted by Crippen LogP contribution is 2.21. The number of phenolic OH excluding ortho intramolecular Hbond substituents is 1. The van der Waals surface area contributed by atoms with Crippen LogP contribution in [0.4, 0.5) is 10.1 Å². The second kappa shape index (κ2) is 5.48. The molecule has 5 heteroatoms. The molecule has 0 radical (unpaired) electrons. The summed E-state index contributed by atoms with van der Waals surface area (Å²) in [6.07, 6.45) is 0. The largest absolute Gasteiger partial charge is 0.508 e. The number of rotatable bonds is 3. The van der Waals surface area contributed by atoms with Crippen LogP contribution < -0.4 is 4.90 Å². The highest BCUT2D eigenvalue weighted by molar-refractivity contribution is 6.04. The summed E-state index contributed by atoms with van der Waals surface area (Å²) in [5.41, 5.74) is 0.573. The van der Waals surface area contributed by atoms with Crippen molar-refractivity contribution in [3.63, 3.8) is 0 Å². The SMILES string of the molecule is CCN(C(=O)c1cccc(F)n1)c1cccc(O)c1. The van der Waals surface area contributed by atoms with E-state index < -0.39 is 11.9 Å². The number of phenols is 1. The van der Waals surface area contributed by atoms with Gasteiger partial charge in [-0.1, -0.05) is 12.1 Å². The Hall–Kier alpha value is -2.43. The van der Waals surface area contributed by atoms with Crippen LogP contribution in [0.2, 0.25) is 0 Å². The number of nitrogens with zero attached hydrogens (tertiary/aromatic N) is 2. The van der Waals surface area contributed by atoms with Crippen LogP contribution in [-0.4, -0.2) is 22.5 Å². The number of benzene rings is 1. The molecule has 0 saturated heterocycles. The van der Waals surface area contributed by atoms with Gasteiger partial charge in [0.25, 0.3) is 5.91 Å². The normalized spacial score (nSPS) is 10.2. The molecule has 1 N–H and O–H groups in total. The minimum absolute atomic E-state index is 0.0326. The van der Waals surface area contributed by atoms with Gasteiger partial charge in [-0.25, -0.2) is 4.98 Å². The number of anilines is 1. The molecule has 0 spiro atoms. The summed E-state index contributed by atoms with van der Waals surface area (Å²) in [6, 6.07) is 10.4. The van der Waals surface area contributed by atoms with Gasteiger partial charge in [0.1, 0.15) is 11.4 Å². The van der Waals surface area contributed by atoms with Crippen LogP contribution in [0.5, 0.6) is 5.75 Å². The molecule has 2 aromatic rings. The zero-order valence-corrected chi connectivity index (χ0v) is 10.4. The maximum absolute atomic E-state index is 13.0. The standard InChI is InChI=1S/C14H13FN2O2/c1-2-17(10-5-3-6-11(18)9-10)14(19)12-7-4-8-13(15)16-12/h3-9,18H,2H2,1H3. The van der Waals surface area contributed by atoms with Gasteiger partial charge in [0, 0.05) is 18.3 Å². The number of hydrogen-bond donors (Lipinski definition) is 1. The molecule has 0 fully saturated rings. The first-order valence-electron chi connectivity index (χ1n) is 5.85. The Morgan fingerprint density at radius 1 is 1.32 bits per heavy atom. The molecule has 0 atom stereocenters. The van der Waals surface area contributed by atoms with Crippen LogP contribution in [0.3, 0.4) is 0 Å². The maximum Gasteiger partial charge on any atom is 0.276 e. The number of aromatic hydroxyl groups is 1. The fraction of sp³-hybridized carbons (Fsp3) is 0.143. The molecule has 19 heavy (non-hydrogen) atoms. The van der Waals surface area contributed by atoms with E-state index in [0.29, 0.717) is 12.2 Å². The predicted molar refractivity (Wildman–Crippen MR) is 69.7 cm³/mol. The first-order chi connectivity index (χ1) is 9.11. The molecule has 2 rings (SSSR count). The van der Waals surface area contributed by atoms with Gasteiger partial charge in [0.2, 0.25) is 5.95 Å². The van der Waals surface area contributed by atoms with Crippen molar-refractivity contribution in [1.29, 1.82) is 0 Å². The number of carbonyl (C=O) groups excluding carboxylic acids is 1. The van der Waals surface area contributed by atoms with Crippen molar-refractivity contribution in [2.45, 2.75) is 6.92 Å². The van der Waals surface area contributed by atoms with E-state index >= 15 is 0 Å². The molecular weight excluding hydrogens is 247 g/mol. The molecule has 1 amide bonds. The molecule has 0 saturated carbocycles. The average molecular weight is 260 g/mol. The van der Waals surface area contributed by atoms with Crippen LogP contribution in [0.25, 0.3) is 0 Å². The van der Waals surface area contributed by atoms with Crippen LogP contribution in [0, 0.1) is 5.95 Å². The summed E-state index contributed by atoms with van der Waals surface area (Å²) < 4.78 is 13.0. The third-order valence-corrected chi connectivity index (χ3v) is 2.64. The molecule has 98 valence electrons. The highest BCUT2D eigenvalue weighted by Gasteiger charge is 2.18. The summed E-state index contributed by atoms with van der Waals surface area (Å²) in [4.78, 5) is 17.2. The number of carbonyl (C=O) groups is 1. The van der Waals surface area contributed by atoms with Gasteiger partial charge in [-0.15, -0.1) is 0 Å². The predicted octanol–water partition coefficient (Wildman–Crippen LogP) is 2.59. The quantitative estimate of drug-likeness (QED) is 0.863. The Balaban J connectivity index is 2.34. The molecule has 0 aliphatic rings. The van der Waals surface area contributed by atoms with Gasteiger partial charge in [-0.3, -0.25) is 4.79 Å². The lowest BCUT2D eigenvalue weighted by atomic mass is 10.2. The number of pyridine rings is 1. The molecule has 0 bridgehead atoms. The molecule has 0 aliphatic heterocycles. The van der Waals surface area contributed by atoms with E-state index in [4.69, 9.17) is 0 Å². The van der Waals surface area contributed by atoms with Crippen LogP contribution in [-0.2, 0) is 0 Å². The van der Waals surface area contributed by atoms with Gasteiger partial charge in [0.05, 0.1) is 0 Å². The maximum atomic E-state index is 13.0. The third kappa shape index (κ3) is 2.88. The van der Waals surface area contributed by atoms with Crippen molar-refractivity contribution in [2.75, 3.05) is 11.4 Å². The van der Waals surface area contributed by atoms with Crippen LogP contribution in [0.1, 0.15) is 17.4 Å². The summed E-state index contributed by atoms with van der Waals surface area (Å²) in [5, 5.41) is 9.44. The minimum atomic E-state index is -0.696. The molecule has 0 aliphatic carbocycles. The van der Waals surface area contributed by atoms with E-state index in [1.807, 2.05) is 0 Å². The van der Waals surface area contributed by atoms with Gasteiger partial charge < -0.3 is 10.0 Å². The third-order valence-electron chi connectivity index (χ3n) is 2.64. The Morgan fingerprint density at radius 2 is 2.05 bits per heavy atom. The van der Waals surface area contributed by atoms with Crippen molar-refractivity contribution in [2.24, 2.45) is 0 Å². The Morgan fingerprint density at radius 3 is 2.68 bits per heavy atom. The lowest BCUT2D eigenvalue weighted by molar-refractivity contribution is 0.0982. The molecule has 4 nitrogen and oxygen atoms in total. The van der Waals surface area contributed by atoms with Gasteiger partial charge in [-0.05, 0) is 31.2 Å². The smallest absolute Gasteiger partial charge is 0.276 e. The highest BCUT2D eigenvalue weighted by atomic mass is 19.1. The zero-order valence-electron chi connectivity index (χ0n) is 10.4.